The minimum absolute atomic E-state index is 0.104. The Kier molecular flexibility index (Phi) is 5.36. The summed E-state index contributed by atoms with van der Waals surface area (Å²) in [6.45, 7) is 3.52. The molecule has 0 aromatic carbocycles. The van der Waals surface area contributed by atoms with Gasteiger partial charge in [-0.1, -0.05) is 0 Å². The third-order valence-electron chi connectivity index (χ3n) is 2.63. The number of carbonyl (C=O) groups is 1. The summed E-state index contributed by atoms with van der Waals surface area (Å²) in [6, 6.07) is 0.430. The van der Waals surface area contributed by atoms with E-state index < -0.39 is 5.60 Å². The molecule has 1 aliphatic rings. The van der Waals surface area contributed by atoms with Crippen LogP contribution in [0.4, 0.5) is 0 Å². The zero-order valence-electron chi connectivity index (χ0n) is 11.1. The second-order valence-electron chi connectivity index (χ2n) is 5.50. The van der Waals surface area contributed by atoms with Gasteiger partial charge in [-0.25, -0.2) is 0 Å². The van der Waals surface area contributed by atoms with Crippen LogP contribution in [0.25, 0.3) is 0 Å². The van der Waals surface area contributed by atoms with Gasteiger partial charge in [0.2, 0.25) is 5.91 Å². The number of likely N-dealkylation sites (N-methyl/N-ethyl adjacent to an activating group) is 1. The van der Waals surface area contributed by atoms with Gasteiger partial charge in [0.15, 0.2) is 0 Å². The number of carbonyl (C=O) groups excluding carboxylic acids is 1. The van der Waals surface area contributed by atoms with Gasteiger partial charge < -0.3 is 20.6 Å². The summed E-state index contributed by atoms with van der Waals surface area (Å²) in [5, 5.41) is 16.1. The van der Waals surface area contributed by atoms with Crippen LogP contribution in [-0.2, 0) is 4.79 Å². The first-order valence-electron chi connectivity index (χ1n) is 6.26. The second-order valence-corrected chi connectivity index (χ2v) is 5.50. The van der Waals surface area contributed by atoms with E-state index in [9.17, 15) is 9.90 Å². The fourth-order valence-electron chi connectivity index (χ4n) is 1.82. The summed E-state index contributed by atoms with van der Waals surface area (Å²) in [6.07, 6.45) is 2.72. The summed E-state index contributed by atoms with van der Waals surface area (Å²) >= 11 is 0. The highest BCUT2D eigenvalue weighted by atomic mass is 16.3. The molecular weight excluding hydrogens is 218 g/mol. The number of hydrogen-bond acceptors (Lipinski definition) is 4. The van der Waals surface area contributed by atoms with Gasteiger partial charge in [0, 0.05) is 32.1 Å². The van der Waals surface area contributed by atoms with Crippen molar-refractivity contribution in [2.24, 2.45) is 0 Å². The van der Waals surface area contributed by atoms with Crippen LogP contribution < -0.4 is 10.6 Å². The number of rotatable bonds is 8. The second kappa shape index (κ2) is 6.33. The normalized spacial score (nSPS) is 19.1. The molecule has 1 rings (SSSR count). The monoisotopic (exact) mass is 243 g/mol. The zero-order valence-corrected chi connectivity index (χ0v) is 11.1. The zero-order chi connectivity index (χ0) is 12.9. The minimum atomic E-state index is -0.754. The molecule has 3 N–H and O–H groups in total. The predicted molar refractivity (Wildman–Crippen MR) is 67.8 cm³/mol. The number of amides is 1. The highest BCUT2D eigenvalue weighted by Crippen LogP contribution is 2.18. The minimum Gasteiger partial charge on any atom is -0.388 e. The fourth-order valence-corrected chi connectivity index (χ4v) is 1.82. The molecule has 100 valence electrons. The Morgan fingerprint density at radius 1 is 1.47 bits per heavy atom. The number of hydrogen-bond donors (Lipinski definition) is 3. The molecule has 0 aromatic rings. The fraction of sp³-hybridized carbons (Fsp3) is 0.917. The average molecular weight is 243 g/mol. The van der Waals surface area contributed by atoms with Gasteiger partial charge in [-0.15, -0.1) is 0 Å². The smallest absolute Gasteiger partial charge is 0.221 e. The summed E-state index contributed by atoms with van der Waals surface area (Å²) in [5.74, 6) is 0.104. The van der Waals surface area contributed by atoms with Crippen LogP contribution in [0.1, 0.15) is 26.2 Å². The Bertz CT molecular complexity index is 250. The number of nitrogens with zero attached hydrogens (tertiary/aromatic N) is 1. The maximum atomic E-state index is 11.4. The number of aliphatic hydroxyl groups is 1. The quantitative estimate of drug-likeness (QED) is 0.506. The molecule has 0 saturated heterocycles. The molecule has 0 spiro atoms. The molecule has 1 saturated carbocycles. The van der Waals surface area contributed by atoms with Crippen LogP contribution in [-0.4, -0.2) is 61.3 Å². The van der Waals surface area contributed by atoms with E-state index >= 15 is 0 Å². The Morgan fingerprint density at radius 3 is 2.65 bits per heavy atom. The van der Waals surface area contributed by atoms with Crippen molar-refractivity contribution in [2.75, 3.05) is 33.7 Å². The van der Waals surface area contributed by atoms with Gasteiger partial charge in [0.25, 0.3) is 0 Å². The summed E-state index contributed by atoms with van der Waals surface area (Å²) in [5.41, 5.74) is -0.754. The van der Waals surface area contributed by atoms with Gasteiger partial charge >= 0.3 is 0 Å². The first-order chi connectivity index (χ1) is 7.89. The molecule has 1 fully saturated rings. The maximum Gasteiger partial charge on any atom is 0.221 e. The van der Waals surface area contributed by atoms with Crippen LogP contribution in [0.2, 0.25) is 0 Å². The molecule has 0 aromatic heterocycles. The van der Waals surface area contributed by atoms with Gasteiger partial charge in [-0.3, -0.25) is 4.79 Å². The van der Waals surface area contributed by atoms with Crippen molar-refractivity contribution in [1.29, 1.82) is 0 Å². The summed E-state index contributed by atoms with van der Waals surface area (Å²) in [7, 11) is 3.86. The lowest BCUT2D eigenvalue weighted by atomic mass is 10.1. The Balaban J connectivity index is 2.03. The third-order valence-corrected chi connectivity index (χ3v) is 2.63. The predicted octanol–water partition coefficient (Wildman–Crippen LogP) is -0.443. The van der Waals surface area contributed by atoms with Crippen LogP contribution in [0.3, 0.4) is 0 Å². The SMILES string of the molecule is CN(C)CC(C)(O)CNCCC(=O)NC1CC1. The van der Waals surface area contributed by atoms with Crippen molar-refractivity contribution in [2.45, 2.75) is 37.8 Å². The Labute approximate surface area is 104 Å². The van der Waals surface area contributed by atoms with E-state index in [1.165, 1.54) is 0 Å². The molecule has 1 aliphatic carbocycles. The lowest BCUT2D eigenvalue weighted by molar-refractivity contribution is -0.121. The van der Waals surface area contributed by atoms with Crippen LogP contribution >= 0.6 is 0 Å². The molecular formula is C12H25N3O2. The molecule has 1 unspecified atom stereocenters. The van der Waals surface area contributed by atoms with E-state index in [0.29, 0.717) is 32.1 Å². The van der Waals surface area contributed by atoms with Gasteiger partial charge in [-0.05, 0) is 33.9 Å². The standard InChI is InChI=1S/C12H25N3O2/c1-12(17,9-15(2)3)8-13-7-6-11(16)14-10-4-5-10/h10,13,17H,4-9H2,1-3H3,(H,14,16). The highest BCUT2D eigenvalue weighted by molar-refractivity contribution is 5.76. The molecule has 0 bridgehead atoms. The lowest BCUT2D eigenvalue weighted by Gasteiger charge is -2.27. The Hall–Kier alpha value is -0.650. The first-order valence-corrected chi connectivity index (χ1v) is 6.26. The van der Waals surface area contributed by atoms with E-state index in [4.69, 9.17) is 0 Å². The summed E-state index contributed by atoms with van der Waals surface area (Å²) < 4.78 is 0. The van der Waals surface area contributed by atoms with Crippen molar-refractivity contribution >= 4 is 5.91 Å². The molecule has 0 heterocycles. The van der Waals surface area contributed by atoms with Gasteiger partial charge in [0.1, 0.15) is 0 Å². The van der Waals surface area contributed by atoms with E-state index in [-0.39, 0.29) is 5.91 Å². The molecule has 0 aliphatic heterocycles. The summed E-state index contributed by atoms with van der Waals surface area (Å²) in [4.78, 5) is 13.3. The molecule has 5 heteroatoms. The van der Waals surface area contributed by atoms with Gasteiger partial charge in [-0.2, -0.15) is 0 Å². The average Bonchev–Trinajstić information content (AvgIpc) is 2.94. The maximum absolute atomic E-state index is 11.4. The largest absolute Gasteiger partial charge is 0.388 e. The molecule has 5 nitrogen and oxygen atoms in total. The molecule has 0 radical (unpaired) electrons. The molecule has 1 atom stereocenters. The van der Waals surface area contributed by atoms with Crippen molar-refractivity contribution in [3.05, 3.63) is 0 Å². The van der Waals surface area contributed by atoms with Crippen molar-refractivity contribution in [3.63, 3.8) is 0 Å². The van der Waals surface area contributed by atoms with E-state index in [2.05, 4.69) is 10.6 Å². The van der Waals surface area contributed by atoms with E-state index in [1.54, 1.807) is 6.92 Å². The highest BCUT2D eigenvalue weighted by Gasteiger charge is 2.23. The van der Waals surface area contributed by atoms with Gasteiger partial charge in [0.05, 0.1) is 5.60 Å². The van der Waals surface area contributed by atoms with Crippen LogP contribution in [0, 0.1) is 0 Å². The molecule has 17 heavy (non-hydrogen) atoms. The Morgan fingerprint density at radius 2 is 2.12 bits per heavy atom. The number of nitrogens with one attached hydrogen (secondary N) is 2. The van der Waals surface area contributed by atoms with Crippen molar-refractivity contribution in [1.82, 2.24) is 15.5 Å². The van der Waals surface area contributed by atoms with E-state index in [1.807, 2.05) is 19.0 Å². The first kappa shape index (κ1) is 14.4. The topological polar surface area (TPSA) is 64.6 Å². The lowest BCUT2D eigenvalue weighted by Crippen LogP contribution is -2.46. The van der Waals surface area contributed by atoms with Crippen molar-refractivity contribution < 1.29 is 9.90 Å². The third kappa shape index (κ3) is 7.31. The van der Waals surface area contributed by atoms with Crippen LogP contribution in [0.15, 0.2) is 0 Å². The van der Waals surface area contributed by atoms with E-state index in [0.717, 1.165) is 12.8 Å². The van der Waals surface area contributed by atoms with Crippen molar-refractivity contribution in [3.8, 4) is 0 Å². The molecule has 1 amide bonds. The van der Waals surface area contributed by atoms with Crippen LogP contribution in [0.5, 0.6) is 0 Å².